The van der Waals surface area contributed by atoms with E-state index in [2.05, 4.69) is 10.3 Å². The van der Waals surface area contributed by atoms with Crippen LogP contribution in [-0.4, -0.2) is 37.1 Å². The summed E-state index contributed by atoms with van der Waals surface area (Å²) in [5, 5.41) is 3.51. The Hall–Kier alpha value is -3.52. The zero-order valence-electron chi connectivity index (χ0n) is 18.2. The molecule has 2 heterocycles. The van der Waals surface area contributed by atoms with Crippen molar-refractivity contribution in [2.75, 3.05) is 24.4 Å². The van der Waals surface area contributed by atoms with Gasteiger partial charge in [-0.1, -0.05) is 11.8 Å². The molecule has 1 N–H and O–H groups in total. The second kappa shape index (κ2) is 8.92. The summed E-state index contributed by atoms with van der Waals surface area (Å²) >= 11 is 1.38. The number of hydrogen-bond acceptors (Lipinski definition) is 6. The van der Waals surface area contributed by atoms with E-state index in [-0.39, 0.29) is 17.9 Å². The summed E-state index contributed by atoms with van der Waals surface area (Å²) in [6.07, 6.45) is 1.66. The van der Waals surface area contributed by atoms with E-state index in [1.807, 2.05) is 19.9 Å². The van der Waals surface area contributed by atoms with Gasteiger partial charge in [-0.15, -0.1) is 0 Å². The van der Waals surface area contributed by atoms with Gasteiger partial charge < -0.3 is 19.7 Å². The number of carbonyl (C=O) groups is 2. The van der Waals surface area contributed by atoms with Crippen molar-refractivity contribution in [3.8, 4) is 11.5 Å². The summed E-state index contributed by atoms with van der Waals surface area (Å²) in [7, 11) is 3.11. The van der Waals surface area contributed by atoms with Crippen LogP contribution in [-0.2, 0) is 0 Å². The molecule has 2 amide bonds. The lowest BCUT2D eigenvalue weighted by Crippen LogP contribution is -2.37. The first kappa shape index (κ1) is 21.7. The van der Waals surface area contributed by atoms with E-state index in [1.165, 1.54) is 11.8 Å². The molecular formula is C24H23N3O4S. The number of pyridine rings is 1. The van der Waals surface area contributed by atoms with Crippen molar-refractivity contribution in [2.45, 2.75) is 29.8 Å². The summed E-state index contributed by atoms with van der Waals surface area (Å²) in [6, 6.07) is 14.0. The number of benzene rings is 2. The van der Waals surface area contributed by atoms with Gasteiger partial charge in [0.25, 0.3) is 11.8 Å². The third kappa shape index (κ3) is 4.13. The Morgan fingerprint density at radius 3 is 2.44 bits per heavy atom. The Balaban J connectivity index is 1.70. The summed E-state index contributed by atoms with van der Waals surface area (Å²) in [4.78, 5) is 33.1. The van der Waals surface area contributed by atoms with Gasteiger partial charge >= 0.3 is 0 Å². The molecule has 2 aromatic carbocycles. The van der Waals surface area contributed by atoms with Gasteiger partial charge in [0.2, 0.25) is 0 Å². The van der Waals surface area contributed by atoms with Crippen molar-refractivity contribution in [3.63, 3.8) is 0 Å². The van der Waals surface area contributed by atoms with Gasteiger partial charge in [-0.3, -0.25) is 9.59 Å². The van der Waals surface area contributed by atoms with E-state index >= 15 is 0 Å². The normalized spacial score (nSPS) is 12.7. The number of nitrogens with one attached hydrogen (secondary N) is 1. The van der Waals surface area contributed by atoms with E-state index in [0.717, 1.165) is 10.6 Å². The Kier molecular flexibility index (Phi) is 6.05. The van der Waals surface area contributed by atoms with Gasteiger partial charge in [0.1, 0.15) is 16.5 Å². The third-order valence-electron chi connectivity index (χ3n) is 5.03. The molecule has 164 valence electrons. The number of methoxy groups -OCH3 is 2. The average molecular weight is 450 g/mol. The SMILES string of the molecule is COc1cc(NC(=O)c2ccc3c(c2)Sc2ncccc2C(=O)N3C(C)C)cc(OC)c1. The summed E-state index contributed by atoms with van der Waals surface area (Å²) in [5.74, 6) is 0.767. The molecule has 0 aliphatic carbocycles. The highest BCUT2D eigenvalue weighted by molar-refractivity contribution is 7.99. The molecular weight excluding hydrogens is 426 g/mol. The van der Waals surface area contributed by atoms with Crippen LogP contribution in [0.3, 0.4) is 0 Å². The van der Waals surface area contributed by atoms with Gasteiger partial charge in [0, 0.05) is 46.6 Å². The maximum Gasteiger partial charge on any atom is 0.261 e. The molecule has 0 bridgehead atoms. The molecule has 4 rings (SSSR count). The van der Waals surface area contributed by atoms with Crippen LogP contribution in [0.25, 0.3) is 0 Å². The fourth-order valence-corrected chi connectivity index (χ4v) is 4.55. The van der Waals surface area contributed by atoms with Crippen molar-refractivity contribution in [1.82, 2.24) is 4.98 Å². The lowest BCUT2D eigenvalue weighted by molar-refractivity contribution is 0.0976. The molecule has 0 saturated heterocycles. The number of carbonyl (C=O) groups excluding carboxylic acids is 2. The summed E-state index contributed by atoms with van der Waals surface area (Å²) in [5.41, 5.74) is 2.33. The van der Waals surface area contributed by atoms with Gasteiger partial charge in [-0.25, -0.2) is 4.98 Å². The van der Waals surface area contributed by atoms with Gasteiger partial charge in [-0.05, 0) is 44.2 Å². The van der Waals surface area contributed by atoms with Crippen LogP contribution in [0.15, 0.2) is 64.6 Å². The smallest absolute Gasteiger partial charge is 0.261 e. The molecule has 32 heavy (non-hydrogen) atoms. The second-order valence-electron chi connectivity index (χ2n) is 7.47. The van der Waals surface area contributed by atoms with Crippen molar-refractivity contribution in [1.29, 1.82) is 0 Å². The molecule has 0 atom stereocenters. The number of anilines is 2. The van der Waals surface area contributed by atoms with Crippen LogP contribution in [0.5, 0.6) is 11.5 Å². The van der Waals surface area contributed by atoms with E-state index in [1.54, 1.807) is 67.8 Å². The van der Waals surface area contributed by atoms with Gasteiger partial charge in [0.05, 0.1) is 25.5 Å². The number of aromatic nitrogens is 1. The van der Waals surface area contributed by atoms with Gasteiger partial charge in [-0.2, -0.15) is 0 Å². The van der Waals surface area contributed by atoms with E-state index in [9.17, 15) is 9.59 Å². The predicted octanol–water partition coefficient (Wildman–Crippen LogP) is 4.87. The molecule has 3 aromatic rings. The van der Waals surface area contributed by atoms with Crippen LogP contribution < -0.4 is 19.7 Å². The lowest BCUT2D eigenvalue weighted by atomic mass is 10.1. The fourth-order valence-electron chi connectivity index (χ4n) is 3.51. The number of fused-ring (bicyclic) bond motifs is 2. The minimum absolute atomic E-state index is 0.0584. The molecule has 1 aliphatic heterocycles. The zero-order chi connectivity index (χ0) is 22.8. The molecule has 0 unspecified atom stereocenters. The fraction of sp³-hybridized carbons (Fsp3) is 0.208. The minimum Gasteiger partial charge on any atom is -0.497 e. The highest BCUT2D eigenvalue weighted by Crippen LogP contribution is 2.41. The summed E-state index contributed by atoms with van der Waals surface area (Å²) < 4.78 is 10.5. The predicted molar refractivity (Wildman–Crippen MR) is 124 cm³/mol. The van der Waals surface area contributed by atoms with E-state index in [4.69, 9.17) is 9.47 Å². The quantitative estimate of drug-likeness (QED) is 0.599. The van der Waals surface area contributed by atoms with Crippen molar-refractivity contribution < 1.29 is 19.1 Å². The molecule has 0 saturated carbocycles. The maximum atomic E-state index is 13.2. The van der Waals surface area contributed by atoms with Crippen LogP contribution in [0.1, 0.15) is 34.6 Å². The van der Waals surface area contributed by atoms with Crippen LogP contribution in [0, 0.1) is 0 Å². The Labute approximate surface area is 190 Å². The monoisotopic (exact) mass is 449 g/mol. The molecule has 0 radical (unpaired) electrons. The largest absolute Gasteiger partial charge is 0.497 e. The van der Waals surface area contributed by atoms with Crippen molar-refractivity contribution >= 4 is 35.0 Å². The minimum atomic E-state index is -0.281. The topological polar surface area (TPSA) is 80.8 Å². The first-order valence-electron chi connectivity index (χ1n) is 10.1. The Morgan fingerprint density at radius 2 is 1.78 bits per heavy atom. The van der Waals surface area contributed by atoms with Crippen LogP contribution in [0.2, 0.25) is 0 Å². The third-order valence-corrected chi connectivity index (χ3v) is 6.10. The number of rotatable bonds is 5. The summed E-state index contributed by atoms with van der Waals surface area (Å²) in [6.45, 7) is 3.93. The number of ether oxygens (including phenoxy) is 2. The molecule has 8 heteroatoms. The molecule has 1 aliphatic rings. The highest BCUT2D eigenvalue weighted by Gasteiger charge is 2.30. The molecule has 7 nitrogen and oxygen atoms in total. The first-order chi connectivity index (χ1) is 15.4. The van der Waals surface area contributed by atoms with Crippen molar-refractivity contribution in [2.24, 2.45) is 0 Å². The van der Waals surface area contributed by atoms with Crippen LogP contribution >= 0.6 is 11.8 Å². The molecule has 0 spiro atoms. The van der Waals surface area contributed by atoms with Crippen LogP contribution in [0.4, 0.5) is 11.4 Å². The molecule has 1 aromatic heterocycles. The Morgan fingerprint density at radius 1 is 1.06 bits per heavy atom. The Bertz CT molecular complexity index is 1170. The second-order valence-corrected chi connectivity index (χ2v) is 8.50. The van der Waals surface area contributed by atoms with Gasteiger partial charge in [0.15, 0.2) is 0 Å². The van der Waals surface area contributed by atoms with E-state index < -0.39 is 0 Å². The highest BCUT2D eigenvalue weighted by atomic mass is 32.2. The maximum absolute atomic E-state index is 13.2. The average Bonchev–Trinajstić information content (AvgIpc) is 2.91. The molecule has 0 fully saturated rings. The zero-order valence-corrected chi connectivity index (χ0v) is 19.0. The van der Waals surface area contributed by atoms with Crippen molar-refractivity contribution in [3.05, 3.63) is 65.9 Å². The number of amides is 2. The lowest BCUT2D eigenvalue weighted by Gasteiger charge is -2.27. The first-order valence-corrected chi connectivity index (χ1v) is 10.9. The number of hydrogen-bond donors (Lipinski definition) is 1. The number of nitrogens with zero attached hydrogens (tertiary/aromatic N) is 2. The standard InChI is InChI=1S/C24H23N3O4S/c1-14(2)27-20-8-7-15(10-21(20)32-23-19(24(27)29)6-5-9-25-23)22(28)26-16-11-17(30-3)13-18(12-16)31-4/h5-14H,1-4H3,(H,26,28). The van der Waals surface area contributed by atoms with E-state index in [0.29, 0.717) is 33.3 Å².